The molecule has 5 heteroatoms. The summed E-state index contributed by atoms with van der Waals surface area (Å²) < 4.78 is 0. The van der Waals surface area contributed by atoms with Crippen LogP contribution in [0.4, 0.5) is 5.69 Å². The van der Waals surface area contributed by atoms with Crippen molar-refractivity contribution in [2.45, 2.75) is 13.5 Å². The highest BCUT2D eigenvalue weighted by Gasteiger charge is 2.08. The van der Waals surface area contributed by atoms with Crippen molar-refractivity contribution < 1.29 is 9.59 Å². The Labute approximate surface area is 139 Å². The SMILES string of the molecule is CC(=O)Nc1cccc(C(=O)NCc2ccnc3ccccc23)c1. The molecule has 0 atom stereocenters. The summed E-state index contributed by atoms with van der Waals surface area (Å²) in [6.45, 7) is 1.84. The Morgan fingerprint density at radius 1 is 1.04 bits per heavy atom. The molecule has 2 amide bonds. The lowest BCUT2D eigenvalue weighted by atomic mass is 10.1. The van der Waals surface area contributed by atoms with E-state index in [1.165, 1.54) is 6.92 Å². The summed E-state index contributed by atoms with van der Waals surface area (Å²) in [6.07, 6.45) is 1.74. The first kappa shape index (κ1) is 15.7. The molecule has 2 N–H and O–H groups in total. The molecule has 0 aliphatic carbocycles. The van der Waals surface area contributed by atoms with E-state index in [9.17, 15) is 9.59 Å². The molecular weight excluding hydrogens is 302 g/mol. The number of amides is 2. The Kier molecular flexibility index (Phi) is 4.52. The van der Waals surface area contributed by atoms with Gasteiger partial charge in [-0.15, -0.1) is 0 Å². The third kappa shape index (κ3) is 3.57. The standard InChI is InChI=1S/C19H17N3O2/c1-13(23)22-16-6-4-5-14(11-16)19(24)21-12-15-9-10-20-18-8-3-2-7-17(15)18/h2-11H,12H2,1H3,(H,21,24)(H,22,23). The molecule has 0 aliphatic rings. The van der Waals surface area contributed by atoms with Crippen LogP contribution < -0.4 is 10.6 Å². The van der Waals surface area contributed by atoms with Crippen LogP contribution in [-0.2, 0) is 11.3 Å². The first-order chi connectivity index (χ1) is 11.6. The van der Waals surface area contributed by atoms with E-state index in [0.717, 1.165) is 16.5 Å². The second kappa shape index (κ2) is 6.91. The number of para-hydroxylation sites is 1. The normalized spacial score (nSPS) is 10.4. The summed E-state index contributed by atoms with van der Waals surface area (Å²) in [5, 5.41) is 6.60. The molecule has 0 unspecified atom stereocenters. The first-order valence-electron chi connectivity index (χ1n) is 7.62. The highest BCUT2D eigenvalue weighted by atomic mass is 16.2. The van der Waals surface area contributed by atoms with Crippen molar-refractivity contribution in [2.24, 2.45) is 0 Å². The Bertz CT molecular complexity index is 901. The monoisotopic (exact) mass is 319 g/mol. The van der Waals surface area contributed by atoms with Crippen LogP contribution in [-0.4, -0.2) is 16.8 Å². The van der Waals surface area contributed by atoms with Crippen molar-refractivity contribution in [1.82, 2.24) is 10.3 Å². The molecule has 3 rings (SSSR count). The Morgan fingerprint density at radius 2 is 1.88 bits per heavy atom. The van der Waals surface area contributed by atoms with Gasteiger partial charge in [0.2, 0.25) is 5.91 Å². The van der Waals surface area contributed by atoms with Crippen LogP contribution in [0.15, 0.2) is 60.8 Å². The van der Waals surface area contributed by atoms with E-state index in [1.54, 1.807) is 30.5 Å². The highest BCUT2D eigenvalue weighted by molar-refractivity contribution is 5.97. The van der Waals surface area contributed by atoms with Crippen molar-refractivity contribution in [3.63, 3.8) is 0 Å². The number of carbonyl (C=O) groups is 2. The van der Waals surface area contributed by atoms with Crippen LogP contribution in [0.5, 0.6) is 0 Å². The maximum atomic E-state index is 12.4. The molecule has 0 saturated heterocycles. The van der Waals surface area contributed by atoms with Crippen LogP contribution in [0.1, 0.15) is 22.8 Å². The zero-order valence-electron chi connectivity index (χ0n) is 13.2. The van der Waals surface area contributed by atoms with Crippen molar-refractivity contribution in [1.29, 1.82) is 0 Å². The largest absolute Gasteiger partial charge is 0.348 e. The van der Waals surface area contributed by atoms with E-state index in [2.05, 4.69) is 15.6 Å². The van der Waals surface area contributed by atoms with E-state index in [4.69, 9.17) is 0 Å². The fourth-order valence-electron chi connectivity index (χ4n) is 2.53. The van der Waals surface area contributed by atoms with Crippen molar-refractivity contribution in [3.05, 3.63) is 71.9 Å². The summed E-state index contributed by atoms with van der Waals surface area (Å²) in [4.78, 5) is 27.8. The summed E-state index contributed by atoms with van der Waals surface area (Å²) in [6, 6.07) is 16.6. The zero-order chi connectivity index (χ0) is 16.9. The van der Waals surface area contributed by atoms with Gasteiger partial charge in [0, 0.05) is 36.3 Å². The van der Waals surface area contributed by atoms with E-state index in [-0.39, 0.29) is 11.8 Å². The van der Waals surface area contributed by atoms with E-state index < -0.39 is 0 Å². The van der Waals surface area contributed by atoms with Gasteiger partial charge in [-0.3, -0.25) is 14.6 Å². The maximum Gasteiger partial charge on any atom is 0.251 e. The number of carbonyl (C=O) groups excluding carboxylic acids is 2. The molecule has 0 fully saturated rings. The molecule has 24 heavy (non-hydrogen) atoms. The Balaban J connectivity index is 1.74. The van der Waals surface area contributed by atoms with E-state index >= 15 is 0 Å². The van der Waals surface area contributed by atoms with Crippen LogP contribution >= 0.6 is 0 Å². The molecule has 0 bridgehead atoms. The Morgan fingerprint density at radius 3 is 2.71 bits per heavy atom. The van der Waals surface area contributed by atoms with Gasteiger partial charge in [-0.2, -0.15) is 0 Å². The van der Waals surface area contributed by atoms with E-state index in [0.29, 0.717) is 17.8 Å². The number of benzene rings is 2. The van der Waals surface area contributed by atoms with Gasteiger partial charge in [0.1, 0.15) is 0 Å². The topological polar surface area (TPSA) is 71.1 Å². The first-order valence-corrected chi connectivity index (χ1v) is 7.62. The molecule has 0 spiro atoms. The molecule has 1 aromatic heterocycles. The highest BCUT2D eigenvalue weighted by Crippen LogP contribution is 2.16. The predicted octanol–water partition coefficient (Wildman–Crippen LogP) is 3.12. The molecule has 120 valence electrons. The van der Waals surface area contributed by atoms with Crippen LogP contribution in [0, 0.1) is 0 Å². The lowest BCUT2D eigenvalue weighted by Crippen LogP contribution is -2.23. The third-order valence-electron chi connectivity index (χ3n) is 3.62. The second-order valence-corrected chi connectivity index (χ2v) is 5.43. The minimum atomic E-state index is -0.192. The lowest BCUT2D eigenvalue weighted by molar-refractivity contribution is -0.114. The minimum Gasteiger partial charge on any atom is -0.348 e. The Hall–Kier alpha value is -3.21. The molecule has 0 radical (unpaired) electrons. The second-order valence-electron chi connectivity index (χ2n) is 5.43. The fourth-order valence-corrected chi connectivity index (χ4v) is 2.53. The number of anilines is 1. The minimum absolute atomic E-state index is 0.171. The van der Waals surface area contributed by atoms with Gasteiger partial charge >= 0.3 is 0 Å². The number of nitrogens with zero attached hydrogens (tertiary/aromatic N) is 1. The molecule has 5 nitrogen and oxygen atoms in total. The van der Waals surface area contributed by atoms with Gasteiger partial charge in [0.15, 0.2) is 0 Å². The number of rotatable bonds is 4. The number of nitrogens with one attached hydrogen (secondary N) is 2. The molecule has 0 saturated carbocycles. The van der Waals surface area contributed by atoms with Crippen molar-refractivity contribution >= 4 is 28.4 Å². The summed E-state index contributed by atoms with van der Waals surface area (Å²) in [7, 11) is 0. The van der Waals surface area contributed by atoms with Gasteiger partial charge in [-0.1, -0.05) is 24.3 Å². The van der Waals surface area contributed by atoms with Crippen molar-refractivity contribution in [2.75, 3.05) is 5.32 Å². The van der Waals surface area contributed by atoms with Gasteiger partial charge in [0.25, 0.3) is 5.91 Å². The van der Waals surface area contributed by atoms with Gasteiger partial charge in [0.05, 0.1) is 5.52 Å². The number of hydrogen-bond acceptors (Lipinski definition) is 3. The van der Waals surface area contributed by atoms with Gasteiger partial charge in [-0.05, 0) is 35.9 Å². The summed E-state index contributed by atoms with van der Waals surface area (Å²) >= 11 is 0. The molecule has 1 heterocycles. The fraction of sp³-hybridized carbons (Fsp3) is 0.105. The zero-order valence-corrected chi connectivity index (χ0v) is 13.2. The lowest BCUT2D eigenvalue weighted by Gasteiger charge is -2.09. The average molecular weight is 319 g/mol. The van der Waals surface area contributed by atoms with E-state index in [1.807, 2.05) is 30.3 Å². The molecule has 2 aromatic carbocycles. The number of hydrogen-bond donors (Lipinski definition) is 2. The number of aromatic nitrogens is 1. The molecule has 0 aliphatic heterocycles. The van der Waals surface area contributed by atoms with Crippen molar-refractivity contribution in [3.8, 4) is 0 Å². The average Bonchev–Trinajstić information content (AvgIpc) is 2.59. The number of fused-ring (bicyclic) bond motifs is 1. The third-order valence-corrected chi connectivity index (χ3v) is 3.62. The summed E-state index contributed by atoms with van der Waals surface area (Å²) in [5.74, 6) is -0.362. The van der Waals surface area contributed by atoms with Crippen LogP contribution in [0.3, 0.4) is 0 Å². The smallest absolute Gasteiger partial charge is 0.251 e. The predicted molar refractivity (Wildman–Crippen MR) is 93.7 cm³/mol. The van der Waals surface area contributed by atoms with Crippen LogP contribution in [0.2, 0.25) is 0 Å². The molecule has 3 aromatic rings. The summed E-state index contributed by atoms with van der Waals surface area (Å²) in [5.41, 5.74) is 3.01. The number of pyridine rings is 1. The quantitative estimate of drug-likeness (QED) is 0.776. The molecular formula is C19H17N3O2. The van der Waals surface area contributed by atoms with Gasteiger partial charge in [-0.25, -0.2) is 0 Å². The van der Waals surface area contributed by atoms with Gasteiger partial charge < -0.3 is 10.6 Å². The van der Waals surface area contributed by atoms with Crippen LogP contribution in [0.25, 0.3) is 10.9 Å². The maximum absolute atomic E-state index is 12.4.